The lowest BCUT2D eigenvalue weighted by molar-refractivity contribution is -0.115. The number of aromatic nitrogens is 1. The summed E-state index contributed by atoms with van der Waals surface area (Å²) in [5, 5.41) is 17.1. The third kappa shape index (κ3) is 3.22. The highest BCUT2D eigenvalue weighted by Gasteiger charge is 2.45. The molecule has 0 saturated heterocycles. The van der Waals surface area contributed by atoms with Gasteiger partial charge < -0.3 is 20.7 Å². The molecule has 1 aromatic carbocycles. The van der Waals surface area contributed by atoms with Crippen LogP contribution in [0.4, 0.5) is 5.69 Å². The van der Waals surface area contributed by atoms with Gasteiger partial charge in [0.05, 0.1) is 18.6 Å². The van der Waals surface area contributed by atoms with E-state index in [0.29, 0.717) is 6.42 Å². The number of carbonyl (C=O) groups excluding carboxylic acids is 1. The van der Waals surface area contributed by atoms with Gasteiger partial charge in [-0.25, -0.2) is 0 Å². The number of amides is 1. The SMILES string of the molecule is CCNC1c2cc(NC(=O)Cc3ccc[nH]3)c(C)cc2C(C)(C)C1O. The molecule has 4 N–H and O–H groups in total. The van der Waals surface area contributed by atoms with E-state index in [1.165, 1.54) is 0 Å². The molecule has 0 radical (unpaired) electrons. The van der Waals surface area contributed by atoms with Crippen LogP contribution in [0.1, 0.15) is 49.2 Å². The standard InChI is InChI=1S/C20H27N3O2/c1-5-21-18-14-11-16(23-17(24)10-13-7-6-8-22-13)12(2)9-15(14)20(3,4)19(18)25/h6-9,11,18-19,21-22,25H,5,10H2,1-4H3,(H,23,24). The maximum atomic E-state index is 12.3. The molecule has 2 atom stereocenters. The number of carbonyl (C=O) groups is 1. The molecule has 0 fully saturated rings. The minimum atomic E-state index is -0.494. The van der Waals surface area contributed by atoms with E-state index in [1.807, 2.05) is 38.2 Å². The van der Waals surface area contributed by atoms with E-state index in [4.69, 9.17) is 0 Å². The highest BCUT2D eigenvalue weighted by Crippen LogP contribution is 2.46. The van der Waals surface area contributed by atoms with E-state index >= 15 is 0 Å². The highest BCUT2D eigenvalue weighted by molar-refractivity contribution is 5.93. The summed E-state index contributed by atoms with van der Waals surface area (Å²) >= 11 is 0. The third-order valence-corrected chi connectivity index (χ3v) is 5.19. The maximum absolute atomic E-state index is 12.3. The molecular formula is C20H27N3O2. The maximum Gasteiger partial charge on any atom is 0.230 e. The highest BCUT2D eigenvalue weighted by atomic mass is 16.3. The number of benzene rings is 1. The summed E-state index contributed by atoms with van der Waals surface area (Å²) in [4.78, 5) is 15.4. The van der Waals surface area contributed by atoms with Gasteiger partial charge in [-0.15, -0.1) is 0 Å². The number of aliphatic hydroxyl groups is 1. The molecule has 2 aromatic rings. The normalized spacial score (nSPS) is 21.2. The summed E-state index contributed by atoms with van der Waals surface area (Å²) in [6, 6.07) is 7.78. The molecule has 1 aromatic heterocycles. The van der Waals surface area contributed by atoms with Crippen molar-refractivity contribution in [2.45, 2.75) is 51.7 Å². The predicted octanol–water partition coefficient (Wildman–Crippen LogP) is 2.81. The van der Waals surface area contributed by atoms with Gasteiger partial charge in [-0.1, -0.05) is 26.8 Å². The van der Waals surface area contributed by atoms with Gasteiger partial charge in [0, 0.05) is 23.0 Å². The minimum absolute atomic E-state index is 0.0525. The van der Waals surface area contributed by atoms with Gasteiger partial charge >= 0.3 is 0 Å². The average molecular weight is 341 g/mol. The molecule has 0 spiro atoms. The number of likely N-dealkylation sites (N-methyl/N-ethyl adjacent to an activating group) is 1. The Bertz CT molecular complexity index is 765. The largest absolute Gasteiger partial charge is 0.390 e. The van der Waals surface area contributed by atoms with Gasteiger partial charge in [0.15, 0.2) is 0 Å². The van der Waals surface area contributed by atoms with Crippen LogP contribution in [0.3, 0.4) is 0 Å². The summed E-state index contributed by atoms with van der Waals surface area (Å²) < 4.78 is 0. The Balaban J connectivity index is 1.89. The summed E-state index contributed by atoms with van der Waals surface area (Å²) in [5.74, 6) is -0.0525. The van der Waals surface area contributed by atoms with Crippen LogP contribution in [-0.2, 0) is 16.6 Å². The number of nitrogens with one attached hydrogen (secondary N) is 3. The molecule has 0 aliphatic heterocycles. The third-order valence-electron chi connectivity index (χ3n) is 5.19. The zero-order chi connectivity index (χ0) is 18.2. The van der Waals surface area contributed by atoms with E-state index in [9.17, 15) is 9.90 Å². The Morgan fingerprint density at radius 3 is 2.76 bits per heavy atom. The van der Waals surface area contributed by atoms with Crippen molar-refractivity contribution in [3.8, 4) is 0 Å². The first-order valence-corrected chi connectivity index (χ1v) is 8.83. The number of anilines is 1. The van der Waals surface area contributed by atoms with Crippen molar-refractivity contribution in [3.05, 3.63) is 52.8 Å². The van der Waals surface area contributed by atoms with Crippen molar-refractivity contribution >= 4 is 11.6 Å². The number of aliphatic hydroxyl groups excluding tert-OH is 1. The van der Waals surface area contributed by atoms with E-state index in [-0.39, 0.29) is 17.4 Å². The molecule has 5 nitrogen and oxygen atoms in total. The summed E-state index contributed by atoms with van der Waals surface area (Å²) in [5.41, 5.74) is 4.60. The lowest BCUT2D eigenvalue weighted by atomic mass is 9.83. The van der Waals surface area contributed by atoms with Gasteiger partial charge in [0.25, 0.3) is 0 Å². The Kier molecular flexibility index (Phi) is 4.71. The van der Waals surface area contributed by atoms with Crippen LogP contribution < -0.4 is 10.6 Å². The average Bonchev–Trinajstić information content (AvgIpc) is 3.11. The van der Waals surface area contributed by atoms with E-state index in [1.54, 1.807) is 0 Å². The summed E-state index contributed by atoms with van der Waals surface area (Å²) in [6.45, 7) is 8.94. The Morgan fingerprint density at radius 1 is 1.36 bits per heavy atom. The fourth-order valence-corrected chi connectivity index (χ4v) is 3.71. The van der Waals surface area contributed by atoms with Gasteiger partial charge in [-0.05, 0) is 48.4 Å². The second kappa shape index (κ2) is 6.65. The topological polar surface area (TPSA) is 77.1 Å². The molecule has 2 unspecified atom stereocenters. The number of rotatable bonds is 5. The molecule has 134 valence electrons. The lowest BCUT2D eigenvalue weighted by Gasteiger charge is -2.27. The van der Waals surface area contributed by atoms with E-state index in [2.05, 4.69) is 35.5 Å². The van der Waals surface area contributed by atoms with Crippen molar-refractivity contribution in [3.63, 3.8) is 0 Å². The Labute approximate surface area is 148 Å². The minimum Gasteiger partial charge on any atom is -0.390 e. The van der Waals surface area contributed by atoms with Gasteiger partial charge in [-0.3, -0.25) is 4.79 Å². The molecule has 0 bridgehead atoms. The quantitative estimate of drug-likeness (QED) is 0.675. The van der Waals surface area contributed by atoms with Gasteiger partial charge in [0.2, 0.25) is 5.91 Å². The van der Waals surface area contributed by atoms with Crippen LogP contribution in [0, 0.1) is 6.92 Å². The number of hydrogen-bond donors (Lipinski definition) is 4. The van der Waals surface area contributed by atoms with Crippen molar-refractivity contribution in [1.82, 2.24) is 10.3 Å². The van der Waals surface area contributed by atoms with Crippen LogP contribution in [-0.4, -0.2) is 28.6 Å². The van der Waals surface area contributed by atoms with E-state index < -0.39 is 6.10 Å². The van der Waals surface area contributed by atoms with Crippen molar-refractivity contribution in [2.24, 2.45) is 0 Å². The number of hydrogen-bond acceptors (Lipinski definition) is 3. The zero-order valence-corrected chi connectivity index (χ0v) is 15.3. The summed E-state index contributed by atoms with van der Waals surface area (Å²) in [7, 11) is 0. The number of aromatic amines is 1. The molecule has 1 aliphatic carbocycles. The fourth-order valence-electron chi connectivity index (χ4n) is 3.71. The Hall–Kier alpha value is -2.11. The first-order valence-electron chi connectivity index (χ1n) is 8.83. The van der Waals surface area contributed by atoms with Crippen molar-refractivity contribution in [2.75, 3.05) is 11.9 Å². The van der Waals surface area contributed by atoms with Crippen LogP contribution in [0.5, 0.6) is 0 Å². The van der Waals surface area contributed by atoms with Crippen LogP contribution in [0.2, 0.25) is 0 Å². The molecule has 25 heavy (non-hydrogen) atoms. The van der Waals surface area contributed by atoms with Gasteiger partial charge in [0.1, 0.15) is 0 Å². The first kappa shape index (κ1) is 17.7. The molecular weight excluding hydrogens is 314 g/mol. The van der Waals surface area contributed by atoms with Crippen molar-refractivity contribution < 1.29 is 9.90 Å². The number of H-pyrrole nitrogens is 1. The number of aryl methyl sites for hydroxylation is 1. The van der Waals surface area contributed by atoms with E-state index in [0.717, 1.165) is 34.6 Å². The fraction of sp³-hybridized carbons (Fsp3) is 0.450. The van der Waals surface area contributed by atoms with Crippen LogP contribution >= 0.6 is 0 Å². The molecule has 3 rings (SSSR count). The monoisotopic (exact) mass is 341 g/mol. The Morgan fingerprint density at radius 2 is 2.12 bits per heavy atom. The second-order valence-corrected chi connectivity index (χ2v) is 7.38. The summed E-state index contributed by atoms with van der Waals surface area (Å²) in [6.07, 6.45) is 1.63. The smallest absolute Gasteiger partial charge is 0.230 e. The molecule has 0 saturated carbocycles. The predicted molar refractivity (Wildman–Crippen MR) is 99.8 cm³/mol. The lowest BCUT2D eigenvalue weighted by Crippen LogP contribution is -2.37. The second-order valence-electron chi connectivity index (χ2n) is 7.38. The van der Waals surface area contributed by atoms with Crippen molar-refractivity contribution in [1.29, 1.82) is 0 Å². The molecule has 1 heterocycles. The first-order chi connectivity index (χ1) is 11.8. The number of fused-ring (bicyclic) bond motifs is 1. The molecule has 5 heteroatoms. The zero-order valence-electron chi connectivity index (χ0n) is 15.3. The molecule has 1 amide bonds. The van der Waals surface area contributed by atoms with Crippen LogP contribution in [0.15, 0.2) is 30.5 Å². The van der Waals surface area contributed by atoms with Crippen LogP contribution in [0.25, 0.3) is 0 Å². The molecule has 1 aliphatic rings. The van der Waals surface area contributed by atoms with Gasteiger partial charge in [-0.2, -0.15) is 0 Å².